The average Bonchev–Trinajstić information content (AvgIpc) is 3.72. The first-order valence-electron chi connectivity index (χ1n) is 20.5. The van der Waals surface area contributed by atoms with Crippen molar-refractivity contribution in [3.8, 4) is 55.6 Å². The smallest absolute Gasteiger partial charge is 0.0540 e. The number of thiophene rings is 1. The third-order valence-corrected chi connectivity index (χ3v) is 12.8. The van der Waals surface area contributed by atoms with Gasteiger partial charge in [0.05, 0.1) is 5.69 Å². The minimum atomic E-state index is 1.09. The molecule has 60 heavy (non-hydrogen) atoms. The first-order valence-corrected chi connectivity index (χ1v) is 21.3. The van der Waals surface area contributed by atoms with E-state index in [2.05, 4.69) is 241 Å². The van der Waals surface area contributed by atoms with Gasteiger partial charge in [0.2, 0.25) is 0 Å². The Hall–Kier alpha value is -7.52. The van der Waals surface area contributed by atoms with Crippen molar-refractivity contribution in [2.24, 2.45) is 0 Å². The van der Waals surface area contributed by atoms with E-state index in [-0.39, 0.29) is 0 Å². The molecule has 0 atom stereocenters. The summed E-state index contributed by atoms with van der Waals surface area (Å²) in [6, 6.07) is 86.1. The van der Waals surface area contributed by atoms with E-state index in [1.165, 1.54) is 86.6 Å². The molecule has 11 rings (SSSR count). The molecule has 0 bridgehead atoms. The third-order valence-electron chi connectivity index (χ3n) is 11.7. The van der Waals surface area contributed by atoms with Crippen LogP contribution in [-0.2, 0) is 0 Å². The third kappa shape index (κ3) is 6.63. The molecule has 0 unspecified atom stereocenters. The van der Waals surface area contributed by atoms with Crippen LogP contribution >= 0.6 is 11.3 Å². The van der Waals surface area contributed by atoms with Crippen molar-refractivity contribution in [2.75, 3.05) is 4.90 Å². The summed E-state index contributed by atoms with van der Waals surface area (Å²) in [6.45, 7) is 0. The molecule has 0 N–H and O–H groups in total. The highest BCUT2D eigenvalue weighted by Gasteiger charge is 2.19. The summed E-state index contributed by atoms with van der Waals surface area (Å²) in [7, 11) is 0. The van der Waals surface area contributed by atoms with Crippen LogP contribution in [0.5, 0.6) is 0 Å². The van der Waals surface area contributed by atoms with Gasteiger partial charge in [-0.15, -0.1) is 11.3 Å². The highest BCUT2D eigenvalue weighted by Crippen LogP contribution is 2.44. The van der Waals surface area contributed by atoms with E-state index in [4.69, 9.17) is 0 Å². The lowest BCUT2D eigenvalue weighted by molar-refractivity contribution is 1.28. The molecule has 11 aromatic rings. The SMILES string of the molecule is c1ccc(-c2ccc(-c3ccccc3N(c3ccc(-c4cccc(-c5ccc6ccccc6c5)c4)cc3)c3ccc(-c4cccc5sc6ccccc6c45)cc3)cc2)cc1. The molecule has 1 aromatic heterocycles. The van der Waals surface area contributed by atoms with Crippen LogP contribution in [-0.4, -0.2) is 0 Å². The molecular formula is C58H39NS. The minimum absolute atomic E-state index is 1.09. The second-order valence-corrected chi connectivity index (χ2v) is 16.4. The molecule has 0 saturated heterocycles. The summed E-state index contributed by atoms with van der Waals surface area (Å²) in [6.07, 6.45) is 0. The van der Waals surface area contributed by atoms with Gasteiger partial charge in [-0.05, 0) is 115 Å². The normalized spacial score (nSPS) is 11.3. The molecule has 0 aliphatic rings. The number of rotatable bonds is 8. The molecule has 2 heteroatoms. The van der Waals surface area contributed by atoms with Crippen LogP contribution < -0.4 is 4.90 Å². The topological polar surface area (TPSA) is 3.24 Å². The van der Waals surface area contributed by atoms with Crippen LogP contribution in [0.3, 0.4) is 0 Å². The van der Waals surface area contributed by atoms with E-state index in [1.54, 1.807) is 0 Å². The maximum absolute atomic E-state index is 2.40. The van der Waals surface area contributed by atoms with Crippen LogP contribution in [0.25, 0.3) is 86.6 Å². The van der Waals surface area contributed by atoms with E-state index in [1.807, 2.05) is 11.3 Å². The number of anilines is 3. The highest BCUT2D eigenvalue weighted by molar-refractivity contribution is 7.25. The Morgan fingerprint density at radius 1 is 0.283 bits per heavy atom. The molecule has 0 fully saturated rings. The van der Waals surface area contributed by atoms with Gasteiger partial charge < -0.3 is 4.90 Å². The van der Waals surface area contributed by atoms with E-state index in [0.717, 1.165) is 17.1 Å². The predicted octanol–water partition coefficient (Wildman–Crippen LogP) is 17.0. The van der Waals surface area contributed by atoms with E-state index in [9.17, 15) is 0 Å². The summed E-state index contributed by atoms with van der Waals surface area (Å²) >= 11 is 1.86. The molecule has 0 saturated carbocycles. The van der Waals surface area contributed by atoms with Crippen molar-refractivity contribution in [3.05, 3.63) is 237 Å². The second kappa shape index (κ2) is 15.3. The van der Waals surface area contributed by atoms with Gasteiger partial charge in [0.1, 0.15) is 0 Å². The van der Waals surface area contributed by atoms with Crippen LogP contribution in [0.15, 0.2) is 237 Å². The number of hydrogen-bond donors (Lipinski definition) is 0. The Labute approximate surface area is 354 Å². The Morgan fingerprint density at radius 2 is 0.767 bits per heavy atom. The molecule has 0 aliphatic carbocycles. The maximum atomic E-state index is 2.40. The summed E-state index contributed by atoms with van der Waals surface area (Å²) in [5, 5.41) is 5.15. The maximum Gasteiger partial charge on any atom is 0.0540 e. The van der Waals surface area contributed by atoms with Gasteiger partial charge in [0, 0.05) is 37.1 Å². The fourth-order valence-electron chi connectivity index (χ4n) is 8.67. The Bertz CT molecular complexity index is 3290. The zero-order chi connectivity index (χ0) is 39.8. The lowest BCUT2D eigenvalue weighted by Gasteiger charge is -2.28. The van der Waals surface area contributed by atoms with E-state index in [0.29, 0.717) is 0 Å². The molecule has 1 heterocycles. The van der Waals surface area contributed by atoms with Crippen molar-refractivity contribution < 1.29 is 0 Å². The van der Waals surface area contributed by atoms with Crippen molar-refractivity contribution in [3.63, 3.8) is 0 Å². The van der Waals surface area contributed by atoms with Crippen molar-refractivity contribution >= 4 is 59.3 Å². The number of hydrogen-bond acceptors (Lipinski definition) is 2. The zero-order valence-corrected chi connectivity index (χ0v) is 33.7. The van der Waals surface area contributed by atoms with Crippen LogP contribution in [0.1, 0.15) is 0 Å². The van der Waals surface area contributed by atoms with Crippen molar-refractivity contribution in [2.45, 2.75) is 0 Å². The largest absolute Gasteiger partial charge is 0.310 e. The predicted molar refractivity (Wildman–Crippen MR) is 259 cm³/mol. The quantitative estimate of drug-likeness (QED) is 0.148. The number of fused-ring (bicyclic) bond motifs is 4. The molecule has 0 aliphatic heterocycles. The molecule has 1 nitrogen and oxygen atoms in total. The van der Waals surface area contributed by atoms with E-state index >= 15 is 0 Å². The molecule has 0 radical (unpaired) electrons. The average molecular weight is 782 g/mol. The van der Waals surface area contributed by atoms with Gasteiger partial charge in [0.15, 0.2) is 0 Å². The first kappa shape index (κ1) is 35.6. The van der Waals surface area contributed by atoms with Gasteiger partial charge in [-0.25, -0.2) is 0 Å². The summed E-state index contributed by atoms with van der Waals surface area (Å²) < 4.78 is 2.63. The number of nitrogens with zero attached hydrogens (tertiary/aromatic N) is 1. The van der Waals surface area contributed by atoms with Crippen molar-refractivity contribution in [1.82, 2.24) is 0 Å². The molecule has 0 amide bonds. The Kier molecular flexibility index (Phi) is 9.11. The van der Waals surface area contributed by atoms with E-state index < -0.39 is 0 Å². The lowest BCUT2D eigenvalue weighted by atomic mass is 9.96. The zero-order valence-electron chi connectivity index (χ0n) is 32.9. The lowest BCUT2D eigenvalue weighted by Crippen LogP contribution is -2.11. The highest BCUT2D eigenvalue weighted by atomic mass is 32.1. The number of para-hydroxylation sites is 1. The molecule has 282 valence electrons. The van der Waals surface area contributed by atoms with Gasteiger partial charge in [-0.3, -0.25) is 0 Å². The molecule has 10 aromatic carbocycles. The monoisotopic (exact) mass is 781 g/mol. The summed E-state index contributed by atoms with van der Waals surface area (Å²) in [4.78, 5) is 2.40. The Balaban J connectivity index is 0.994. The minimum Gasteiger partial charge on any atom is -0.310 e. The first-order chi connectivity index (χ1) is 29.7. The number of benzene rings is 10. The van der Waals surface area contributed by atoms with Crippen molar-refractivity contribution in [1.29, 1.82) is 0 Å². The van der Waals surface area contributed by atoms with Gasteiger partial charge in [0.25, 0.3) is 0 Å². The standard InChI is InChI=1S/C58H39NS/c1-2-12-40(13-3-1)42-24-27-44(28-25-42)52-18-6-8-21-55(52)59(51-36-32-45(33-37-51)53-20-11-23-57-58(53)54-19-7-9-22-56(54)60-57)50-34-30-43(31-35-50)47-16-10-17-48(38-47)49-29-26-41-14-4-5-15-46(41)39-49/h1-39H. The second-order valence-electron chi connectivity index (χ2n) is 15.3. The van der Waals surface area contributed by atoms with Gasteiger partial charge in [-0.2, -0.15) is 0 Å². The Morgan fingerprint density at radius 3 is 1.57 bits per heavy atom. The van der Waals surface area contributed by atoms with Crippen LogP contribution in [0.4, 0.5) is 17.1 Å². The van der Waals surface area contributed by atoms with Crippen LogP contribution in [0.2, 0.25) is 0 Å². The summed E-state index contributed by atoms with van der Waals surface area (Å²) in [5.74, 6) is 0. The fraction of sp³-hybridized carbons (Fsp3) is 0. The van der Waals surface area contributed by atoms with Gasteiger partial charge >= 0.3 is 0 Å². The molecule has 0 spiro atoms. The fourth-order valence-corrected chi connectivity index (χ4v) is 9.80. The van der Waals surface area contributed by atoms with Crippen LogP contribution in [0, 0.1) is 0 Å². The molecular weight excluding hydrogens is 743 g/mol. The van der Waals surface area contributed by atoms with Gasteiger partial charge in [-0.1, -0.05) is 182 Å². The summed E-state index contributed by atoms with van der Waals surface area (Å²) in [5.41, 5.74) is 15.3.